The van der Waals surface area contributed by atoms with Gasteiger partial charge in [-0.15, -0.1) is 0 Å². The van der Waals surface area contributed by atoms with Crippen molar-refractivity contribution in [2.24, 2.45) is 5.73 Å². The Morgan fingerprint density at radius 3 is 2.89 bits per heavy atom. The highest BCUT2D eigenvalue weighted by Gasteiger charge is 2.24. The maximum atomic E-state index is 5.94. The van der Waals surface area contributed by atoms with Crippen molar-refractivity contribution in [2.75, 3.05) is 0 Å². The molecule has 3 unspecified atom stereocenters. The molecule has 1 aliphatic carbocycles. The minimum absolute atomic E-state index is 0.243. The molecule has 0 aliphatic heterocycles. The van der Waals surface area contributed by atoms with E-state index in [1.807, 2.05) is 18.2 Å². The molecule has 3 nitrogen and oxygen atoms in total. The van der Waals surface area contributed by atoms with E-state index in [0.717, 1.165) is 24.2 Å². The van der Waals surface area contributed by atoms with Gasteiger partial charge >= 0.3 is 0 Å². The standard InChI is InChI=1S/C15H20N2O/c1-10(17-13-7-6-12(16)9-13)15-8-11-4-2-3-5-14(11)18-15/h2-5,8,10,12-13,17H,6-7,9,16H2,1H3. The van der Waals surface area contributed by atoms with Crippen LogP contribution in [0.15, 0.2) is 34.7 Å². The second-order valence-corrected chi connectivity index (χ2v) is 5.35. The van der Waals surface area contributed by atoms with Gasteiger partial charge in [0.2, 0.25) is 0 Å². The normalized spacial score (nSPS) is 25.7. The Hall–Kier alpha value is -1.32. The fraction of sp³-hybridized carbons (Fsp3) is 0.467. The quantitative estimate of drug-likeness (QED) is 0.872. The third-order valence-electron chi connectivity index (χ3n) is 3.83. The Labute approximate surface area is 107 Å². The fourth-order valence-electron chi connectivity index (χ4n) is 2.82. The van der Waals surface area contributed by atoms with Gasteiger partial charge in [-0.25, -0.2) is 0 Å². The highest BCUT2D eigenvalue weighted by Crippen LogP contribution is 2.26. The molecule has 0 amide bonds. The SMILES string of the molecule is CC(NC1CCC(N)C1)c1cc2ccccc2o1. The highest BCUT2D eigenvalue weighted by atomic mass is 16.3. The first kappa shape index (κ1) is 11.8. The maximum Gasteiger partial charge on any atom is 0.134 e. The van der Waals surface area contributed by atoms with Gasteiger partial charge in [0.1, 0.15) is 11.3 Å². The molecular weight excluding hydrogens is 224 g/mol. The number of hydrogen-bond acceptors (Lipinski definition) is 3. The van der Waals surface area contributed by atoms with Crippen LogP contribution in [0.3, 0.4) is 0 Å². The lowest BCUT2D eigenvalue weighted by Gasteiger charge is -2.17. The van der Waals surface area contributed by atoms with Crippen LogP contribution in [-0.4, -0.2) is 12.1 Å². The van der Waals surface area contributed by atoms with Gasteiger partial charge in [-0.3, -0.25) is 0 Å². The molecule has 3 rings (SSSR count). The predicted octanol–water partition coefficient (Wildman–Crippen LogP) is 2.96. The molecular formula is C15H20N2O. The lowest BCUT2D eigenvalue weighted by atomic mass is 10.1. The van der Waals surface area contributed by atoms with Gasteiger partial charge < -0.3 is 15.5 Å². The maximum absolute atomic E-state index is 5.94. The molecule has 1 heterocycles. The van der Waals surface area contributed by atoms with Crippen LogP contribution in [0.2, 0.25) is 0 Å². The summed E-state index contributed by atoms with van der Waals surface area (Å²) in [6.45, 7) is 2.15. The predicted molar refractivity (Wildman–Crippen MR) is 73.4 cm³/mol. The van der Waals surface area contributed by atoms with Crippen molar-refractivity contribution in [3.8, 4) is 0 Å². The Morgan fingerprint density at radius 1 is 1.33 bits per heavy atom. The number of nitrogens with two attached hydrogens (primary N) is 1. The Morgan fingerprint density at radius 2 is 2.17 bits per heavy atom. The minimum Gasteiger partial charge on any atom is -0.459 e. The average Bonchev–Trinajstić information content (AvgIpc) is 2.95. The number of benzene rings is 1. The summed E-state index contributed by atoms with van der Waals surface area (Å²) in [5.74, 6) is 1.01. The smallest absolute Gasteiger partial charge is 0.134 e. The molecule has 2 aromatic rings. The third kappa shape index (κ3) is 2.28. The summed E-state index contributed by atoms with van der Waals surface area (Å²) >= 11 is 0. The summed E-state index contributed by atoms with van der Waals surface area (Å²) in [7, 11) is 0. The zero-order valence-electron chi connectivity index (χ0n) is 10.7. The van der Waals surface area contributed by atoms with E-state index in [-0.39, 0.29) is 6.04 Å². The van der Waals surface area contributed by atoms with Crippen LogP contribution in [-0.2, 0) is 0 Å². The summed E-state index contributed by atoms with van der Waals surface area (Å²) in [6, 6.07) is 11.4. The van der Waals surface area contributed by atoms with Crippen LogP contribution in [0.25, 0.3) is 11.0 Å². The van der Waals surface area contributed by atoms with Gasteiger partial charge in [0, 0.05) is 17.5 Å². The number of fused-ring (bicyclic) bond motifs is 1. The van der Waals surface area contributed by atoms with Crippen molar-refractivity contribution in [3.05, 3.63) is 36.1 Å². The molecule has 3 heteroatoms. The highest BCUT2D eigenvalue weighted by molar-refractivity contribution is 5.77. The molecule has 1 aromatic carbocycles. The number of rotatable bonds is 3. The summed E-state index contributed by atoms with van der Waals surface area (Å²) in [5, 5.41) is 4.78. The Balaban J connectivity index is 1.73. The minimum atomic E-state index is 0.243. The second kappa shape index (κ2) is 4.75. The van der Waals surface area contributed by atoms with Gasteiger partial charge in [0.15, 0.2) is 0 Å². The van der Waals surface area contributed by atoms with Gasteiger partial charge in [0.25, 0.3) is 0 Å². The largest absolute Gasteiger partial charge is 0.459 e. The fourth-order valence-corrected chi connectivity index (χ4v) is 2.82. The van der Waals surface area contributed by atoms with E-state index in [1.54, 1.807) is 0 Å². The first-order chi connectivity index (χ1) is 8.72. The molecule has 3 atom stereocenters. The third-order valence-corrected chi connectivity index (χ3v) is 3.83. The van der Waals surface area contributed by atoms with Crippen LogP contribution in [0, 0.1) is 0 Å². The monoisotopic (exact) mass is 244 g/mol. The molecule has 0 spiro atoms. The van der Waals surface area contributed by atoms with Gasteiger partial charge in [-0.05, 0) is 38.3 Å². The molecule has 1 saturated carbocycles. The number of nitrogens with one attached hydrogen (secondary N) is 1. The molecule has 1 fully saturated rings. The molecule has 3 N–H and O–H groups in total. The summed E-state index contributed by atoms with van der Waals surface area (Å²) in [6.07, 6.45) is 3.38. The average molecular weight is 244 g/mol. The van der Waals surface area contributed by atoms with E-state index in [9.17, 15) is 0 Å². The Kier molecular flexibility index (Phi) is 3.10. The molecule has 1 aliphatic rings. The van der Waals surface area contributed by atoms with Crippen LogP contribution in [0.1, 0.15) is 38.0 Å². The van der Waals surface area contributed by atoms with E-state index in [1.165, 1.54) is 11.8 Å². The number of para-hydroxylation sites is 1. The van der Waals surface area contributed by atoms with Crippen molar-refractivity contribution >= 4 is 11.0 Å². The number of furan rings is 1. The van der Waals surface area contributed by atoms with E-state index in [4.69, 9.17) is 10.2 Å². The van der Waals surface area contributed by atoms with Gasteiger partial charge in [0.05, 0.1) is 6.04 Å². The number of hydrogen-bond donors (Lipinski definition) is 2. The van der Waals surface area contributed by atoms with Crippen LogP contribution < -0.4 is 11.1 Å². The summed E-state index contributed by atoms with van der Waals surface area (Å²) < 4.78 is 5.87. The van der Waals surface area contributed by atoms with Crippen LogP contribution in [0.5, 0.6) is 0 Å². The first-order valence-corrected chi connectivity index (χ1v) is 6.72. The molecule has 18 heavy (non-hydrogen) atoms. The molecule has 0 radical (unpaired) electrons. The molecule has 0 bridgehead atoms. The van der Waals surface area contributed by atoms with Crippen LogP contribution >= 0.6 is 0 Å². The van der Waals surface area contributed by atoms with Crippen molar-refractivity contribution in [1.82, 2.24) is 5.32 Å². The topological polar surface area (TPSA) is 51.2 Å². The van der Waals surface area contributed by atoms with E-state index in [0.29, 0.717) is 12.1 Å². The van der Waals surface area contributed by atoms with Gasteiger partial charge in [-0.2, -0.15) is 0 Å². The van der Waals surface area contributed by atoms with Crippen molar-refractivity contribution in [3.63, 3.8) is 0 Å². The zero-order valence-corrected chi connectivity index (χ0v) is 10.7. The molecule has 1 aromatic heterocycles. The lowest BCUT2D eigenvalue weighted by molar-refractivity contribution is 0.399. The van der Waals surface area contributed by atoms with Crippen molar-refractivity contribution in [2.45, 2.75) is 44.3 Å². The molecule has 0 saturated heterocycles. The molecule has 96 valence electrons. The summed E-state index contributed by atoms with van der Waals surface area (Å²) in [5.41, 5.74) is 6.90. The summed E-state index contributed by atoms with van der Waals surface area (Å²) in [4.78, 5) is 0. The first-order valence-electron chi connectivity index (χ1n) is 6.72. The van der Waals surface area contributed by atoms with E-state index >= 15 is 0 Å². The van der Waals surface area contributed by atoms with Crippen molar-refractivity contribution < 1.29 is 4.42 Å². The van der Waals surface area contributed by atoms with Crippen molar-refractivity contribution in [1.29, 1.82) is 0 Å². The zero-order chi connectivity index (χ0) is 12.5. The van der Waals surface area contributed by atoms with E-state index < -0.39 is 0 Å². The van der Waals surface area contributed by atoms with E-state index in [2.05, 4.69) is 24.4 Å². The second-order valence-electron chi connectivity index (χ2n) is 5.35. The van der Waals surface area contributed by atoms with Gasteiger partial charge in [-0.1, -0.05) is 18.2 Å². The Bertz CT molecular complexity index is 501. The van der Waals surface area contributed by atoms with Crippen LogP contribution in [0.4, 0.5) is 0 Å². The lowest BCUT2D eigenvalue weighted by Crippen LogP contribution is -2.30.